The third-order valence-corrected chi connectivity index (χ3v) is 7.50. The molecular weight excluding hydrogens is 344 g/mol. The molecule has 2 saturated heterocycles. The summed E-state index contributed by atoms with van der Waals surface area (Å²) in [6.45, 7) is 0. The number of anilines is 1. The number of nitrogens with zero attached hydrogens (tertiary/aromatic N) is 1. The number of rotatable bonds is 6. The number of thiazole rings is 1. The first kappa shape index (κ1) is 16.2. The average Bonchev–Trinajstić information content (AvgIpc) is 3.25. The fourth-order valence-electron chi connectivity index (χ4n) is 3.70. The number of unbranched alkanes of at least 4 members (excludes halogenated alkanes) is 1. The van der Waals surface area contributed by atoms with Crippen molar-refractivity contribution < 1.29 is 9.59 Å². The maximum absolute atomic E-state index is 12.0. The number of carbonyl (C=O) groups is 2. The SMILES string of the molecule is O=C(CCCC[C@@H]1SC[C@@H]2NC(=O)N[C@H]21)Nc1nc2c(s1)CCC2. The summed E-state index contributed by atoms with van der Waals surface area (Å²) < 4.78 is 0. The highest BCUT2D eigenvalue weighted by molar-refractivity contribution is 8.00. The molecule has 24 heavy (non-hydrogen) atoms. The quantitative estimate of drug-likeness (QED) is 0.533. The van der Waals surface area contributed by atoms with Crippen LogP contribution in [0.4, 0.5) is 9.93 Å². The summed E-state index contributed by atoms with van der Waals surface area (Å²) in [4.78, 5) is 29.2. The minimum Gasteiger partial charge on any atom is -0.332 e. The summed E-state index contributed by atoms with van der Waals surface area (Å²) in [7, 11) is 0. The van der Waals surface area contributed by atoms with Gasteiger partial charge >= 0.3 is 6.03 Å². The number of urea groups is 1. The van der Waals surface area contributed by atoms with E-state index in [1.54, 1.807) is 11.3 Å². The molecule has 0 bridgehead atoms. The van der Waals surface area contributed by atoms with E-state index < -0.39 is 0 Å². The molecule has 0 saturated carbocycles. The number of nitrogens with one attached hydrogen (secondary N) is 3. The molecule has 1 aliphatic carbocycles. The third kappa shape index (κ3) is 3.39. The van der Waals surface area contributed by atoms with Gasteiger partial charge in [-0.2, -0.15) is 11.8 Å². The molecular formula is C16H22N4O2S2. The van der Waals surface area contributed by atoms with E-state index in [0.717, 1.165) is 43.0 Å². The maximum Gasteiger partial charge on any atom is 0.315 e. The molecule has 1 aromatic rings. The molecule has 0 spiro atoms. The molecule has 0 radical (unpaired) electrons. The van der Waals surface area contributed by atoms with Crippen molar-refractivity contribution in [2.24, 2.45) is 0 Å². The van der Waals surface area contributed by atoms with Gasteiger partial charge in [0.15, 0.2) is 5.13 Å². The fourth-order valence-corrected chi connectivity index (χ4v) is 6.31. The Morgan fingerprint density at radius 2 is 2.21 bits per heavy atom. The minimum absolute atomic E-state index is 0.0370. The van der Waals surface area contributed by atoms with Gasteiger partial charge in [0.05, 0.1) is 17.8 Å². The molecule has 130 valence electrons. The first-order chi connectivity index (χ1) is 11.7. The molecule has 8 heteroatoms. The molecule has 1 aromatic heterocycles. The van der Waals surface area contributed by atoms with Crippen LogP contribution in [0.3, 0.4) is 0 Å². The average molecular weight is 367 g/mol. The normalized spacial score (nSPS) is 27.5. The van der Waals surface area contributed by atoms with Crippen LogP contribution in [0.2, 0.25) is 0 Å². The van der Waals surface area contributed by atoms with E-state index >= 15 is 0 Å². The first-order valence-electron chi connectivity index (χ1n) is 8.66. The second-order valence-electron chi connectivity index (χ2n) is 6.66. The van der Waals surface area contributed by atoms with E-state index in [-0.39, 0.29) is 24.0 Å². The van der Waals surface area contributed by atoms with Crippen molar-refractivity contribution in [2.75, 3.05) is 11.1 Å². The van der Waals surface area contributed by atoms with Crippen LogP contribution in [0.25, 0.3) is 0 Å². The van der Waals surface area contributed by atoms with Crippen molar-refractivity contribution in [3.63, 3.8) is 0 Å². The number of hydrogen-bond acceptors (Lipinski definition) is 5. The highest BCUT2D eigenvalue weighted by Gasteiger charge is 2.42. The summed E-state index contributed by atoms with van der Waals surface area (Å²) in [5.74, 6) is 1.05. The van der Waals surface area contributed by atoms with E-state index in [0.29, 0.717) is 11.7 Å². The molecule has 3 heterocycles. The number of carbonyl (C=O) groups excluding carboxylic acids is 2. The molecule has 2 aliphatic heterocycles. The molecule has 3 N–H and O–H groups in total. The number of hydrogen-bond donors (Lipinski definition) is 3. The highest BCUT2D eigenvalue weighted by Crippen LogP contribution is 2.33. The van der Waals surface area contributed by atoms with Crippen molar-refractivity contribution in [3.05, 3.63) is 10.6 Å². The standard InChI is InChI=1S/C16H22N4O2S2/c21-13(19-16-18-9-4-3-6-11(9)24-16)7-2-1-5-12-14-10(8-23-12)17-15(22)20-14/h10,12,14H,1-8H2,(H2,17,20,22)(H,18,19,21)/t10-,12-,14+/m0/s1. The van der Waals surface area contributed by atoms with Crippen LogP contribution in [0.15, 0.2) is 0 Å². The molecule has 6 nitrogen and oxygen atoms in total. The third-order valence-electron chi connectivity index (χ3n) is 4.92. The van der Waals surface area contributed by atoms with E-state index in [2.05, 4.69) is 20.9 Å². The van der Waals surface area contributed by atoms with Crippen LogP contribution in [-0.4, -0.2) is 40.0 Å². The second-order valence-corrected chi connectivity index (χ2v) is 9.01. The van der Waals surface area contributed by atoms with E-state index in [1.807, 2.05) is 11.8 Å². The Bertz CT molecular complexity index is 627. The first-order valence-corrected chi connectivity index (χ1v) is 10.5. The molecule has 4 rings (SSSR count). The summed E-state index contributed by atoms with van der Waals surface area (Å²) in [6, 6.07) is 0.502. The van der Waals surface area contributed by atoms with Crippen molar-refractivity contribution in [1.82, 2.24) is 15.6 Å². The van der Waals surface area contributed by atoms with Crippen molar-refractivity contribution in [3.8, 4) is 0 Å². The van der Waals surface area contributed by atoms with Crippen LogP contribution in [0.1, 0.15) is 42.7 Å². The van der Waals surface area contributed by atoms with Gasteiger partial charge in [-0.15, -0.1) is 11.3 Å². The van der Waals surface area contributed by atoms with E-state index in [9.17, 15) is 9.59 Å². The number of amides is 3. The Hall–Kier alpha value is -1.28. The lowest BCUT2D eigenvalue weighted by Gasteiger charge is -2.16. The molecule has 3 atom stereocenters. The molecule has 3 amide bonds. The van der Waals surface area contributed by atoms with E-state index in [1.165, 1.54) is 17.0 Å². The Labute approximate surface area is 149 Å². The number of thioether (sulfide) groups is 1. The maximum atomic E-state index is 12.0. The number of fused-ring (bicyclic) bond motifs is 2. The van der Waals surface area contributed by atoms with Crippen LogP contribution < -0.4 is 16.0 Å². The van der Waals surface area contributed by atoms with Crippen molar-refractivity contribution >= 4 is 40.2 Å². The predicted octanol–water partition coefficient (Wildman–Crippen LogP) is 2.30. The van der Waals surface area contributed by atoms with Gasteiger partial charge in [0.1, 0.15) is 0 Å². The van der Waals surface area contributed by atoms with Crippen molar-refractivity contribution in [2.45, 2.75) is 62.3 Å². The lowest BCUT2D eigenvalue weighted by atomic mass is 10.0. The van der Waals surface area contributed by atoms with Crippen LogP contribution in [-0.2, 0) is 17.6 Å². The Morgan fingerprint density at radius 1 is 1.29 bits per heavy atom. The zero-order valence-corrected chi connectivity index (χ0v) is 15.1. The van der Waals surface area contributed by atoms with Gasteiger partial charge < -0.3 is 16.0 Å². The van der Waals surface area contributed by atoms with Crippen molar-refractivity contribution in [1.29, 1.82) is 0 Å². The Balaban J connectivity index is 1.16. The molecule has 0 aromatic carbocycles. The summed E-state index contributed by atoms with van der Waals surface area (Å²) >= 11 is 3.55. The predicted molar refractivity (Wildman–Crippen MR) is 96.7 cm³/mol. The monoisotopic (exact) mass is 366 g/mol. The zero-order valence-electron chi connectivity index (χ0n) is 13.5. The van der Waals surface area contributed by atoms with Gasteiger partial charge in [0.2, 0.25) is 5.91 Å². The molecule has 3 aliphatic rings. The summed E-state index contributed by atoms with van der Waals surface area (Å²) in [6.07, 6.45) is 6.83. The van der Waals surface area contributed by atoms with Gasteiger partial charge in [-0.25, -0.2) is 9.78 Å². The lowest BCUT2D eigenvalue weighted by molar-refractivity contribution is -0.116. The molecule has 2 fully saturated rings. The highest BCUT2D eigenvalue weighted by atomic mass is 32.2. The van der Waals surface area contributed by atoms with Gasteiger partial charge in [0.25, 0.3) is 0 Å². The molecule has 0 unspecified atom stereocenters. The summed E-state index contributed by atoms with van der Waals surface area (Å²) in [5.41, 5.74) is 1.18. The zero-order chi connectivity index (χ0) is 16.5. The van der Waals surface area contributed by atoms with Gasteiger partial charge in [-0.05, 0) is 32.1 Å². The van der Waals surface area contributed by atoms with Crippen LogP contribution in [0.5, 0.6) is 0 Å². The Morgan fingerprint density at radius 3 is 3.08 bits per heavy atom. The topological polar surface area (TPSA) is 83.1 Å². The fraction of sp³-hybridized carbons (Fsp3) is 0.688. The van der Waals surface area contributed by atoms with E-state index in [4.69, 9.17) is 0 Å². The number of aryl methyl sites for hydroxylation is 2. The number of aromatic nitrogens is 1. The van der Waals surface area contributed by atoms with Gasteiger partial charge in [-0.3, -0.25) is 4.79 Å². The van der Waals surface area contributed by atoms with Crippen LogP contribution in [0, 0.1) is 0 Å². The van der Waals surface area contributed by atoms with Crippen LogP contribution >= 0.6 is 23.1 Å². The lowest BCUT2D eigenvalue weighted by Crippen LogP contribution is -2.36. The minimum atomic E-state index is -0.0370. The van der Waals surface area contributed by atoms with Gasteiger partial charge in [-0.1, -0.05) is 6.42 Å². The Kier molecular flexibility index (Phi) is 4.67. The largest absolute Gasteiger partial charge is 0.332 e. The smallest absolute Gasteiger partial charge is 0.315 e. The summed E-state index contributed by atoms with van der Waals surface area (Å²) in [5, 5.41) is 10.1. The second kappa shape index (κ2) is 6.92. The van der Waals surface area contributed by atoms with Gasteiger partial charge in [0, 0.05) is 22.3 Å².